The molecule has 81 valence electrons. The molecule has 0 aliphatic rings. The lowest BCUT2D eigenvalue weighted by molar-refractivity contribution is 0.157. The molecule has 0 fully saturated rings. The molecule has 1 amide bonds. The van der Waals surface area contributed by atoms with Crippen LogP contribution in [0.1, 0.15) is 6.42 Å². The molecule has 4 heteroatoms. The normalized spacial score (nSPS) is 9.80. The lowest BCUT2D eigenvalue weighted by atomic mass is 10.3. The second-order valence-corrected chi connectivity index (χ2v) is 3.00. The van der Waals surface area contributed by atoms with Crippen molar-refractivity contribution in [3.63, 3.8) is 0 Å². The highest BCUT2D eigenvalue weighted by Gasteiger charge is 2.11. The van der Waals surface area contributed by atoms with Crippen LogP contribution in [0.4, 0.5) is 14.9 Å². The number of hydrogen-bond acceptors (Lipinski definition) is 2. The number of anilines is 1. The van der Waals surface area contributed by atoms with Crippen LogP contribution in [0.25, 0.3) is 0 Å². The van der Waals surface area contributed by atoms with E-state index in [0.29, 0.717) is 12.1 Å². The van der Waals surface area contributed by atoms with Gasteiger partial charge in [-0.3, -0.25) is 4.90 Å². The molecular formula is C11H13FNO2. The van der Waals surface area contributed by atoms with E-state index >= 15 is 0 Å². The third-order valence-electron chi connectivity index (χ3n) is 1.86. The van der Waals surface area contributed by atoms with Gasteiger partial charge in [-0.25, -0.2) is 9.18 Å². The predicted molar refractivity (Wildman–Crippen MR) is 56.1 cm³/mol. The summed E-state index contributed by atoms with van der Waals surface area (Å²) in [6, 6.07) is 5.61. The van der Waals surface area contributed by atoms with E-state index in [4.69, 9.17) is 4.74 Å². The molecule has 1 aromatic rings. The minimum Gasteiger partial charge on any atom is -0.449 e. The number of benzene rings is 1. The summed E-state index contributed by atoms with van der Waals surface area (Å²) >= 11 is 0. The third-order valence-corrected chi connectivity index (χ3v) is 1.86. The summed E-state index contributed by atoms with van der Waals surface area (Å²) in [6.07, 6.45) is 0.0634. The van der Waals surface area contributed by atoms with E-state index in [-0.39, 0.29) is 12.4 Å². The fourth-order valence-corrected chi connectivity index (χ4v) is 1.03. The van der Waals surface area contributed by atoms with E-state index in [2.05, 4.69) is 6.92 Å². The second kappa shape index (κ2) is 5.34. The van der Waals surface area contributed by atoms with Crippen molar-refractivity contribution >= 4 is 11.8 Å². The molecule has 0 saturated heterocycles. The Balaban J connectivity index is 2.63. The maximum atomic E-state index is 12.6. The van der Waals surface area contributed by atoms with Crippen molar-refractivity contribution in [2.75, 3.05) is 18.6 Å². The van der Waals surface area contributed by atoms with Crippen molar-refractivity contribution in [3.05, 3.63) is 37.0 Å². The van der Waals surface area contributed by atoms with E-state index in [9.17, 15) is 9.18 Å². The topological polar surface area (TPSA) is 29.5 Å². The fraction of sp³-hybridized carbons (Fsp3) is 0.273. The Hall–Kier alpha value is -1.58. The van der Waals surface area contributed by atoms with Gasteiger partial charge >= 0.3 is 6.09 Å². The molecule has 1 rings (SSSR count). The summed E-state index contributed by atoms with van der Waals surface area (Å²) < 4.78 is 17.5. The Bertz CT molecular complexity index is 324. The first-order valence-electron chi connectivity index (χ1n) is 4.60. The Kier molecular flexibility index (Phi) is 4.09. The lowest BCUT2D eigenvalue weighted by Crippen LogP contribution is -2.27. The molecule has 3 nitrogen and oxygen atoms in total. The fourth-order valence-electron chi connectivity index (χ4n) is 1.03. The van der Waals surface area contributed by atoms with Gasteiger partial charge in [-0.15, -0.1) is 0 Å². The first-order valence-corrected chi connectivity index (χ1v) is 4.60. The molecule has 15 heavy (non-hydrogen) atoms. The minimum absolute atomic E-state index is 0.282. The van der Waals surface area contributed by atoms with Crippen LogP contribution in [-0.2, 0) is 4.74 Å². The predicted octanol–water partition coefficient (Wildman–Crippen LogP) is 2.62. The summed E-state index contributed by atoms with van der Waals surface area (Å²) in [7, 11) is 1.57. The number of amides is 1. The molecule has 0 atom stereocenters. The standard InChI is InChI=1S/C11H13FNO2/c1-3-8-15-11(14)13(2)10-6-4-9(12)5-7-10/h4-7H,1,3,8H2,2H3. The Morgan fingerprint density at radius 3 is 2.60 bits per heavy atom. The molecule has 0 saturated carbocycles. The van der Waals surface area contributed by atoms with Crippen molar-refractivity contribution in [1.29, 1.82) is 0 Å². The average Bonchev–Trinajstić information content (AvgIpc) is 2.26. The second-order valence-electron chi connectivity index (χ2n) is 3.00. The van der Waals surface area contributed by atoms with Gasteiger partial charge in [0.25, 0.3) is 0 Å². The summed E-state index contributed by atoms with van der Waals surface area (Å²) in [5, 5.41) is 0. The van der Waals surface area contributed by atoms with Crippen molar-refractivity contribution in [2.45, 2.75) is 6.42 Å². The van der Waals surface area contributed by atoms with Crippen LogP contribution in [0.2, 0.25) is 0 Å². The minimum atomic E-state index is -0.467. The summed E-state index contributed by atoms with van der Waals surface area (Å²) in [5.41, 5.74) is 0.588. The van der Waals surface area contributed by atoms with Crippen molar-refractivity contribution in [1.82, 2.24) is 0 Å². The highest BCUT2D eigenvalue weighted by atomic mass is 19.1. The molecule has 0 aromatic heterocycles. The van der Waals surface area contributed by atoms with Crippen LogP contribution >= 0.6 is 0 Å². The largest absolute Gasteiger partial charge is 0.449 e. The van der Waals surface area contributed by atoms with Crippen LogP contribution in [0.15, 0.2) is 24.3 Å². The van der Waals surface area contributed by atoms with Crippen molar-refractivity contribution in [3.8, 4) is 0 Å². The number of hydrogen-bond donors (Lipinski definition) is 0. The summed E-state index contributed by atoms with van der Waals surface area (Å²) in [6.45, 7) is 3.84. The van der Waals surface area contributed by atoms with Crippen LogP contribution in [0, 0.1) is 12.7 Å². The van der Waals surface area contributed by atoms with E-state index < -0.39 is 6.09 Å². The smallest absolute Gasteiger partial charge is 0.414 e. The first kappa shape index (κ1) is 11.5. The SMILES string of the molecule is [CH2]CCOC(=O)N(C)c1ccc(F)cc1. The number of ether oxygens (including phenoxy) is 1. The molecule has 0 bridgehead atoms. The van der Waals surface area contributed by atoms with Gasteiger partial charge in [-0.2, -0.15) is 0 Å². The third kappa shape index (κ3) is 3.23. The van der Waals surface area contributed by atoms with Gasteiger partial charge in [0.05, 0.1) is 6.61 Å². The Morgan fingerprint density at radius 2 is 2.07 bits per heavy atom. The number of rotatable bonds is 3. The van der Waals surface area contributed by atoms with Crippen LogP contribution in [-0.4, -0.2) is 19.7 Å². The molecule has 1 radical (unpaired) electrons. The van der Waals surface area contributed by atoms with E-state index in [1.807, 2.05) is 0 Å². The highest BCUT2D eigenvalue weighted by Crippen LogP contribution is 2.13. The number of carbonyl (C=O) groups excluding carboxylic acids is 1. The average molecular weight is 210 g/mol. The molecular weight excluding hydrogens is 197 g/mol. The van der Waals surface area contributed by atoms with Crippen LogP contribution in [0.3, 0.4) is 0 Å². The van der Waals surface area contributed by atoms with E-state index in [1.54, 1.807) is 7.05 Å². The molecule has 0 unspecified atom stereocenters. The number of halogens is 1. The zero-order chi connectivity index (χ0) is 11.3. The molecule has 0 aliphatic carbocycles. The summed E-state index contributed by atoms with van der Waals surface area (Å²) in [5.74, 6) is -0.335. The maximum Gasteiger partial charge on any atom is 0.414 e. The number of nitrogens with zero attached hydrogens (tertiary/aromatic N) is 1. The molecule has 0 heterocycles. The van der Waals surface area contributed by atoms with Gasteiger partial charge in [0.2, 0.25) is 0 Å². The van der Waals surface area contributed by atoms with E-state index in [1.165, 1.54) is 29.2 Å². The van der Waals surface area contributed by atoms with Gasteiger partial charge in [0.1, 0.15) is 5.82 Å². The van der Waals surface area contributed by atoms with Gasteiger partial charge in [0, 0.05) is 12.7 Å². The zero-order valence-electron chi connectivity index (χ0n) is 8.57. The van der Waals surface area contributed by atoms with Crippen molar-refractivity contribution < 1.29 is 13.9 Å². The maximum absolute atomic E-state index is 12.6. The molecule has 0 aliphatic heterocycles. The van der Waals surface area contributed by atoms with Gasteiger partial charge < -0.3 is 4.74 Å². The molecule has 1 aromatic carbocycles. The highest BCUT2D eigenvalue weighted by molar-refractivity contribution is 5.86. The first-order chi connectivity index (χ1) is 7.15. The van der Waals surface area contributed by atoms with Crippen molar-refractivity contribution in [2.24, 2.45) is 0 Å². The van der Waals surface area contributed by atoms with Gasteiger partial charge in [0.15, 0.2) is 0 Å². The van der Waals surface area contributed by atoms with Gasteiger partial charge in [-0.05, 0) is 37.6 Å². The monoisotopic (exact) mass is 210 g/mol. The Morgan fingerprint density at radius 1 is 1.47 bits per heavy atom. The van der Waals surface area contributed by atoms with Crippen LogP contribution in [0.5, 0.6) is 0 Å². The summed E-state index contributed by atoms with van der Waals surface area (Å²) in [4.78, 5) is 12.7. The zero-order valence-corrected chi connectivity index (χ0v) is 8.57. The van der Waals surface area contributed by atoms with Gasteiger partial charge in [-0.1, -0.05) is 0 Å². The van der Waals surface area contributed by atoms with E-state index in [0.717, 1.165) is 0 Å². The molecule has 0 spiro atoms. The quantitative estimate of drug-likeness (QED) is 0.767. The number of carbonyl (C=O) groups is 1. The Labute approximate surface area is 88.5 Å². The molecule has 0 N–H and O–H groups in total. The lowest BCUT2D eigenvalue weighted by Gasteiger charge is -2.16. The van der Waals surface area contributed by atoms with Crippen LogP contribution < -0.4 is 4.90 Å².